The predicted octanol–water partition coefficient (Wildman–Crippen LogP) is 5.70. The van der Waals surface area contributed by atoms with Gasteiger partial charge < -0.3 is 9.64 Å². The van der Waals surface area contributed by atoms with Gasteiger partial charge in [0.05, 0.1) is 7.11 Å². The lowest BCUT2D eigenvalue weighted by Gasteiger charge is -2.24. The zero-order valence-electron chi connectivity index (χ0n) is 16.9. The maximum absolute atomic E-state index is 13.4. The highest BCUT2D eigenvalue weighted by molar-refractivity contribution is 5.97. The normalized spacial score (nSPS) is 18.4. The number of allylic oxidation sites excluding steroid dienone is 6. The lowest BCUT2D eigenvalue weighted by molar-refractivity contribution is 0.0991. The van der Waals surface area contributed by atoms with Gasteiger partial charge in [0, 0.05) is 31.3 Å². The molecule has 0 atom stereocenters. The standard InChI is InChI=1S/C25H26FNO2/c1-27(18-20-8-5-12-24(15-20)29-2)23-11-4-3-7-19(13-14-23)16-25(28)21-9-6-10-22(26)17-21/h3-12,15,17H,13-14,16,18H2,1-2H3/b4-3+,19-7+,23-11-. The molecule has 4 heteroatoms. The van der Waals surface area contributed by atoms with Crippen molar-refractivity contribution in [2.45, 2.75) is 25.8 Å². The van der Waals surface area contributed by atoms with E-state index in [9.17, 15) is 9.18 Å². The van der Waals surface area contributed by atoms with Gasteiger partial charge in [-0.2, -0.15) is 0 Å². The van der Waals surface area contributed by atoms with Crippen molar-refractivity contribution in [1.29, 1.82) is 0 Å². The second-order valence-electron chi connectivity index (χ2n) is 7.19. The van der Waals surface area contributed by atoms with Gasteiger partial charge >= 0.3 is 0 Å². The van der Waals surface area contributed by atoms with Crippen LogP contribution in [0.25, 0.3) is 0 Å². The maximum Gasteiger partial charge on any atom is 0.167 e. The minimum atomic E-state index is -0.383. The van der Waals surface area contributed by atoms with E-state index in [1.54, 1.807) is 19.2 Å². The second kappa shape index (κ2) is 9.87. The molecule has 0 aromatic heterocycles. The van der Waals surface area contributed by atoms with Gasteiger partial charge in [0.25, 0.3) is 0 Å². The Morgan fingerprint density at radius 2 is 1.86 bits per heavy atom. The molecule has 3 rings (SSSR count). The molecule has 0 amide bonds. The third-order valence-electron chi connectivity index (χ3n) is 5.01. The molecular weight excluding hydrogens is 365 g/mol. The third kappa shape index (κ3) is 5.92. The van der Waals surface area contributed by atoms with Gasteiger partial charge in [0.1, 0.15) is 11.6 Å². The average Bonchev–Trinajstić information content (AvgIpc) is 2.70. The Hall–Kier alpha value is -3.14. The van der Waals surface area contributed by atoms with Crippen LogP contribution in [-0.2, 0) is 6.54 Å². The molecule has 0 aliphatic heterocycles. The van der Waals surface area contributed by atoms with E-state index in [1.807, 2.05) is 36.4 Å². The Morgan fingerprint density at radius 3 is 2.66 bits per heavy atom. The number of halogens is 1. The number of rotatable bonds is 7. The first kappa shape index (κ1) is 20.6. The maximum atomic E-state index is 13.4. The largest absolute Gasteiger partial charge is 0.497 e. The molecule has 1 aliphatic rings. The Kier molecular flexibility index (Phi) is 7.01. The van der Waals surface area contributed by atoms with Crippen LogP contribution in [0.1, 0.15) is 35.2 Å². The van der Waals surface area contributed by atoms with Crippen molar-refractivity contribution < 1.29 is 13.9 Å². The van der Waals surface area contributed by atoms with Gasteiger partial charge in [-0.3, -0.25) is 4.79 Å². The molecule has 0 radical (unpaired) electrons. The minimum Gasteiger partial charge on any atom is -0.497 e. The lowest BCUT2D eigenvalue weighted by atomic mass is 9.97. The monoisotopic (exact) mass is 391 g/mol. The fourth-order valence-corrected chi connectivity index (χ4v) is 3.40. The Morgan fingerprint density at radius 1 is 1.07 bits per heavy atom. The van der Waals surface area contributed by atoms with E-state index < -0.39 is 0 Å². The molecule has 0 saturated heterocycles. The second-order valence-corrected chi connectivity index (χ2v) is 7.19. The number of Topliss-reactive ketones (excluding diaryl/α,β-unsaturated/α-hetero) is 1. The van der Waals surface area contributed by atoms with Crippen molar-refractivity contribution in [2.24, 2.45) is 0 Å². The van der Waals surface area contributed by atoms with Crippen LogP contribution in [0.4, 0.5) is 4.39 Å². The van der Waals surface area contributed by atoms with E-state index in [0.717, 1.165) is 30.7 Å². The highest BCUT2D eigenvalue weighted by Crippen LogP contribution is 2.23. The summed E-state index contributed by atoms with van der Waals surface area (Å²) < 4.78 is 18.7. The number of carbonyl (C=O) groups excluding carboxylic acids is 1. The molecule has 0 N–H and O–H groups in total. The van der Waals surface area contributed by atoms with E-state index in [2.05, 4.69) is 24.1 Å². The number of hydrogen-bond donors (Lipinski definition) is 0. The van der Waals surface area contributed by atoms with Crippen molar-refractivity contribution in [3.8, 4) is 5.75 Å². The number of ketones is 1. The van der Waals surface area contributed by atoms with Crippen LogP contribution >= 0.6 is 0 Å². The molecule has 2 aromatic rings. The Labute approximate surface area is 171 Å². The zero-order valence-corrected chi connectivity index (χ0v) is 16.9. The summed E-state index contributed by atoms with van der Waals surface area (Å²) in [6, 6.07) is 13.9. The molecule has 0 saturated carbocycles. The van der Waals surface area contributed by atoms with Crippen LogP contribution in [0, 0.1) is 5.82 Å². The summed E-state index contributed by atoms with van der Waals surface area (Å²) in [6.45, 7) is 0.776. The van der Waals surface area contributed by atoms with Gasteiger partial charge in [-0.1, -0.05) is 48.1 Å². The van der Waals surface area contributed by atoms with E-state index in [4.69, 9.17) is 4.74 Å². The van der Waals surface area contributed by atoms with Gasteiger partial charge in [-0.05, 0) is 48.7 Å². The lowest BCUT2D eigenvalue weighted by Crippen LogP contribution is -2.18. The van der Waals surface area contributed by atoms with Crippen LogP contribution in [0.15, 0.2) is 84.1 Å². The van der Waals surface area contributed by atoms with E-state index in [0.29, 0.717) is 12.0 Å². The quantitative estimate of drug-likeness (QED) is 0.567. The summed E-state index contributed by atoms with van der Waals surface area (Å²) in [5.41, 5.74) is 3.85. The molecule has 2 aromatic carbocycles. The summed E-state index contributed by atoms with van der Waals surface area (Å²) >= 11 is 0. The van der Waals surface area contributed by atoms with Crippen molar-refractivity contribution in [3.63, 3.8) is 0 Å². The predicted molar refractivity (Wildman–Crippen MR) is 114 cm³/mol. The van der Waals surface area contributed by atoms with Crippen LogP contribution < -0.4 is 4.74 Å². The summed E-state index contributed by atoms with van der Waals surface area (Å²) in [5.74, 6) is 0.412. The highest BCUT2D eigenvalue weighted by Gasteiger charge is 2.13. The molecule has 29 heavy (non-hydrogen) atoms. The van der Waals surface area contributed by atoms with Crippen LogP contribution in [0.3, 0.4) is 0 Å². The molecular formula is C25H26FNO2. The van der Waals surface area contributed by atoms with Crippen LogP contribution in [0.2, 0.25) is 0 Å². The first-order valence-corrected chi connectivity index (χ1v) is 9.73. The van der Waals surface area contributed by atoms with Gasteiger partial charge in [-0.25, -0.2) is 4.39 Å². The van der Waals surface area contributed by atoms with Crippen molar-refractivity contribution in [2.75, 3.05) is 14.2 Å². The molecule has 0 heterocycles. The number of benzene rings is 2. The number of methoxy groups -OCH3 is 1. The van der Waals surface area contributed by atoms with E-state index >= 15 is 0 Å². The van der Waals surface area contributed by atoms with Gasteiger partial charge in [-0.15, -0.1) is 0 Å². The Balaban J connectivity index is 1.62. The highest BCUT2D eigenvalue weighted by atomic mass is 19.1. The first-order chi connectivity index (χ1) is 14.0. The molecule has 0 bridgehead atoms. The van der Waals surface area contributed by atoms with Crippen molar-refractivity contribution >= 4 is 5.78 Å². The van der Waals surface area contributed by atoms with E-state index in [-0.39, 0.29) is 11.6 Å². The molecule has 3 nitrogen and oxygen atoms in total. The Bertz CT molecular complexity index is 959. The fraction of sp³-hybridized carbons (Fsp3) is 0.240. The first-order valence-electron chi connectivity index (χ1n) is 9.73. The summed E-state index contributed by atoms with van der Waals surface area (Å²) in [5, 5.41) is 0. The van der Waals surface area contributed by atoms with Crippen LogP contribution in [0.5, 0.6) is 5.75 Å². The van der Waals surface area contributed by atoms with Crippen molar-refractivity contribution in [3.05, 3.63) is 101 Å². The third-order valence-corrected chi connectivity index (χ3v) is 5.01. The summed E-state index contributed by atoms with van der Waals surface area (Å²) in [4.78, 5) is 14.7. The average molecular weight is 391 g/mol. The van der Waals surface area contributed by atoms with Gasteiger partial charge in [0.2, 0.25) is 0 Å². The minimum absolute atomic E-state index is 0.0556. The fourth-order valence-electron chi connectivity index (χ4n) is 3.40. The summed E-state index contributed by atoms with van der Waals surface area (Å²) in [6.07, 6.45) is 10.0. The number of ether oxygens (including phenoxy) is 1. The zero-order chi connectivity index (χ0) is 20.6. The molecule has 150 valence electrons. The van der Waals surface area contributed by atoms with E-state index in [1.165, 1.54) is 23.4 Å². The SMILES string of the molecule is COc1cccc(CN(C)\C2=C/C=C/C=C(/CC(=O)c3cccc(F)c3)CC2)c1. The summed E-state index contributed by atoms with van der Waals surface area (Å²) in [7, 11) is 3.74. The number of nitrogens with zero attached hydrogens (tertiary/aromatic N) is 1. The molecule has 0 spiro atoms. The van der Waals surface area contributed by atoms with Gasteiger partial charge in [0.15, 0.2) is 5.78 Å². The molecule has 0 fully saturated rings. The number of hydrogen-bond acceptors (Lipinski definition) is 3. The number of carbonyl (C=O) groups is 1. The molecule has 0 unspecified atom stereocenters. The topological polar surface area (TPSA) is 29.5 Å². The molecule has 1 aliphatic carbocycles. The smallest absolute Gasteiger partial charge is 0.167 e. The van der Waals surface area contributed by atoms with Crippen LogP contribution in [-0.4, -0.2) is 24.8 Å². The van der Waals surface area contributed by atoms with Crippen molar-refractivity contribution in [1.82, 2.24) is 4.90 Å².